The number of aliphatic hydroxyl groups excluding tert-OH is 2. The molecule has 4 aromatic rings. The summed E-state index contributed by atoms with van der Waals surface area (Å²) < 4.78 is 4.78. The summed E-state index contributed by atoms with van der Waals surface area (Å²) in [5.74, 6) is -1.19. The fourth-order valence-electron chi connectivity index (χ4n) is 4.09. The summed E-state index contributed by atoms with van der Waals surface area (Å²) >= 11 is 12.4. The van der Waals surface area contributed by atoms with E-state index in [9.17, 15) is 19.8 Å². The Kier molecular flexibility index (Phi) is 11.5. The first-order valence-corrected chi connectivity index (χ1v) is 15.0. The van der Waals surface area contributed by atoms with Crippen molar-refractivity contribution in [2.45, 2.75) is 53.8 Å². The fourth-order valence-corrected chi connectivity index (χ4v) is 4.63. The number of aliphatic carboxylic acids is 1. The molecule has 2 aromatic heterocycles. The number of rotatable bonds is 8. The van der Waals surface area contributed by atoms with Crippen molar-refractivity contribution in [1.82, 2.24) is 9.97 Å². The zero-order chi connectivity index (χ0) is 33.7. The van der Waals surface area contributed by atoms with E-state index in [0.717, 1.165) is 21.9 Å². The lowest BCUT2D eigenvalue weighted by molar-refractivity contribution is -0.148. The van der Waals surface area contributed by atoms with Crippen LogP contribution in [0, 0.1) is 10.8 Å². The predicted octanol–water partition coefficient (Wildman–Crippen LogP) is 8.22. The zero-order valence-corrected chi connectivity index (χ0v) is 27.8. The monoisotopic (exact) mass is 652 g/mol. The van der Waals surface area contributed by atoms with Crippen LogP contribution in [0.2, 0.25) is 10.0 Å². The van der Waals surface area contributed by atoms with Crippen molar-refractivity contribution >= 4 is 69.1 Å². The molecule has 0 aliphatic rings. The maximum absolute atomic E-state index is 11.7. The third-order valence-corrected chi connectivity index (χ3v) is 7.74. The van der Waals surface area contributed by atoms with Crippen LogP contribution in [-0.4, -0.2) is 44.3 Å². The van der Waals surface area contributed by atoms with Gasteiger partial charge in [-0.2, -0.15) is 0 Å². The van der Waals surface area contributed by atoms with Crippen LogP contribution < -0.4 is 0 Å². The number of fused-ring (bicyclic) bond motifs is 2. The van der Waals surface area contributed by atoms with Crippen molar-refractivity contribution in [2.75, 3.05) is 7.11 Å². The molecule has 2 aromatic carbocycles. The van der Waals surface area contributed by atoms with Gasteiger partial charge in [0.2, 0.25) is 0 Å². The number of esters is 1. The molecule has 3 N–H and O–H groups in total. The van der Waals surface area contributed by atoms with Crippen LogP contribution in [0.3, 0.4) is 0 Å². The summed E-state index contributed by atoms with van der Waals surface area (Å²) in [4.78, 5) is 31.6. The molecule has 10 heteroatoms. The van der Waals surface area contributed by atoms with E-state index in [4.69, 9.17) is 33.0 Å². The number of halogens is 2. The Morgan fingerprint density at radius 2 is 1.16 bits per heavy atom. The summed E-state index contributed by atoms with van der Waals surface area (Å²) in [5.41, 5.74) is 2.46. The van der Waals surface area contributed by atoms with Gasteiger partial charge in [0.25, 0.3) is 0 Å². The molecule has 0 aliphatic carbocycles. The minimum absolute atomic E-state index is 0.299. The number of methoxy groups -OCH3 is 1. The highest BCUT2D eigenvalue weighted by atomic mass is 35.5. The van der Waals surface area contributed by atoms with Gasteiger partial charge >= 0.3 is 11.9 Å². The van der Waals surface area contributed by atoms with E-state index < -0.39 is 29.0 Å². The van der Waals surface area contributed by atoms with Crippen LogP contribution in [0.5, 0.6) is 0 Å². The van der Waals surface area contributed by atoms with Gasteiger partial charge in [-0.3, -0.25) is 9.59 Å². The highest BCUT2D eigenvalue weighted by Crippen LogP contribution is 2.29. The quantitative estimate of drug-likeness (QED) is 0.162. The molecule has 2 atom stereocenters. The van der Waals surface area contributed by atoms with Crippen molar-refractivity contribution in [2.24, 2.45) is 10.8 Å². The molecule has 0 spiro atoms. The summed E-state index contributed by atoms with van der Waals surface area (Å²) in [6.07, 6.45) is 5.64. The average molecular weight is 654 g/mol. The van der Waals surface area contributed by atoms with Gasteiger partial charge in [-0.15, -0.1) is 0 Å². The lowest BCUT2D eigenvalue weighted by atomic mass is 9.92. The lowest BCUT2D eigenvalue weighted by Gasteiger charge is -2.16. The number of hydrogen-bond donors (Lipinski definition) is 3. The Morgan fingerprint density at radius 1 is 0.756 bits per heavy atom. The van der Waals surface area contributed by atoms with E-state index >= 15 is 0 Å². The molecule has 2 heterocycles. The number of ether oxygens (including phenoxy) is 1. The number of hydrogen-bond acceptors (Lipinski definition) is 7. The van der Waals surface area contributed by atoms with Gasteiger partial charge in [0, 0.05) is 10.8 Å². The second-order valence-electron chi connectivity index (χ2n) is 11.9. The molecular formula is C35H38Cl2N2O6. The maximum Gasteiger partial charge on any atom is 0.315 e. The first-order chi connectivity index (χ1) is 20.9. The van der Waals surface area contributed by atoms with E-state index in [1.165, 1.54) is 7.11 Å². The number of nitrogens with zero attached hydrogens (tertiary/aromatic N) is 2. The molecule has 45 heavy (non-hydrogen) atoms. The zero-order valence-electron chi connectivity index (χ0n) is 26.3. The molecular weight excluding hydrogens is 615 g/mol. The van der Waals surface area contributed by atoms with Crippen LogP contribution in [0.1, 0.15) is 76.3 Å². The number of aromatic nitrogens is 2. The van der Waals surface area contributed by atoms with Gasteiger partial charge < -0.3 is 20.1 Å². The van der Waals surface area contributed by atoms with E-state index in [2.05, 4.69) is 9.97 Å². The number of pyridine rings is 2. The van der Waals surface area contributed by atoms with Crippen LogP contribution >= 0.6 is 23.2 Å². The average Bonchev–Trinajstić information content (AvgIpc) is 2.98. The summed E-state index contributed by atoms with van der Waals surface area (Å²) in [6, 6.07) is 14.5. The van der Waals surface area contributed by atoms with Crippen molar-refractivity contribution in [3.63, 3.8) is 0 Å². The summed E-state index contributed by atoms with van der Waals surface area (Å²) in [6.45, 7) is 10.1. The van der Waals surface area contributed by atoms with Crippen LogP contribution in [0.4, 0.5) is 0 Å². The molecule has 0 fully saturated rings. The normalized spacial score (nSPS) is 13.6. The van der Waals surface area contributed by atoms with Gasteiger partial charge in [-0.05, 0) is 76.9 Å². The van der Waals surface area contributed by atoms with Crippen LogP contribution in [-0.2, 0) is 14.3 Å². The van der Waals surface area contributed by atoms with E-state index in [1.54, 1.807) is 71.9 Å². The number of carbonyl (C=O) groups is 2. The molecule has 0 unspecified atom stereocenters. The van der Waals surface area contributed by atoms with Crippen molar-refractivity contribution in [1.29, 1.82) is 0 Å². The Labute approximate surface area is 273 Å². The Bertz CT molecular complexity index is 1780. The third kappa shape index (κ3) is 9.11. The number of carboxylic acids is 1. The van der Waals surface area contributed by atoms with E-state index in [0.29, 0.717) is 32.5 Å². The van der Waals surface area contributed by atoms with Crippen LogP contribution in [0.15, 0.2) is 60.7 Å². The molecule has 0 saturated carbocycles. The molecule has 0 aliphatic heterocycles. The first-order valence-electron chi connectivity index (χ1n) is 14.2. The second-order valence-corrected chi connectivity index (χ2v) is 12.7. The standard InChI is InChI=1S/C18H20ClNO3.C17H18ClNO3/c1-11(21)15-10-14(19)13-6-5-12(9-16(13)20-15)7-8-18(2,3)17(22)23-4;1-10(20)14-9-13(18)12-5-4-11(8-15(12)19-14)6-7-17(2,3)16(21)22/h5-11,21H,1-4H3;4-10,20H,1-3H3,(H,21,22)/b8-7+;7-6+/t11-;10-/m11/s1. The molecule has 4 rings (SSSR count). The van der Waals surface area contributed by atoms with E-state index in [-0.39, 0.29) is 5.97 Å². The lowest BCUT2D eigenvalue weighted by Crippen LogP contribution is -2.22. The largest absolute Gasteiger partial charge is 0.481 e. The molecule has 0 radical (unpaired) electrons. The predicted molar refractivity (Wildman–Crippen MR) is 180 cm³/mol. The Balaban J connectivity index is 0.000000246. The molecule has 238 valence electrons. The third-order valence-electron chi connectivity index (χ3n) is 7.11. The molecule has 0 bridgehead atoms. The van der Waals surface area contributed by atoms with Gasteiger partial charge in [-0.25, -0.2) is 9.97 Å². The molecule has 0 amide bonds. The van der Waals surface area contributed by atoms with Crippen molar-refractivity contribution < 1.29 is 29.6 Å². The first kappa shape index (κ1) is 35.7. The van der Waals surface area contributed by atoms with E-state index in [1.807, 2.05) is 42.5 Å². The number of aliphatic hydroxyl groups is 2. The highest BCUT2D eigenvalue weighted by molar-refractivity contribution is 6.35. The number of benzene rings is 2. The number of carboxylic acid groups (broad SMARTS) is 1. The SMILES string of the molecule is COC(=O)C(C)(C)/C=C/c1ccc2c(Cl)cc([C@@H](C)O)nc2c1.C[C@@H](O)c1cc(Cl)c2ccc(/C=C/C(C)(C)C(=O)O)cc2n1. The van der Waals surface area contributed by atoms with Gasteiger partial charge in [0.1, 0.15) is 0 Å². The van der Waals surface area contributed by atoms with Crippen molar-refractivity contribution in [3.05, 3.63) is 93.2 Å². The summed E-state index contributed by atoms with van der Waals surface area (Å²) in [7, 11) is 1.37. The maximum atomic E-state index is 11.7. The smallest absolute Gasteiger partial charge is 0.315 e. The molecule has 0 saturated heterocycles. The topological polar surface area (TPSA) is 130 Å². The highest BCUT2D eigenvalue weighted by Gasteiger charge is 2.25. The van der Waals surface area contributed by atoms with Gasteiger partial charge in [0.15, 0.2) is 0 Å². The summed E-state index contributed by atoms with van der Waals surface area (Å²) in [5, 5.41) is 31.1. The van der Waals surface area contributed by atoms with Gasteiger partial charge in [-0.1, -0.05) is 71.8 Å². The number of carbonyl (C=O) groups excluding carboxylic acids is 1. The Morgan fingerprint density at radius 3 is 1.51 bits per heavy atom. The van der Waals surface area contributed by atoms with Gasteiger partial charge in [0.05, 0.1) is 62.6 Å². The Hall–Kier alpha value is -3.82. The minimum Gasteiger partial charge on any atom is -0.481 e. The van der Waals surface area contributed by atoms with Crippen LogP contribution in [0.25, 0.3) is 34.0 Å². The molecule has 8 nitrogen and oxygen atoms in total. The fraction of sp³-hybridized carbons (Fsp3) is 0.314. The van der Waals surface area contributed by atoms with Crippen molar-refractivity contribution in [3.8, 4) is 0 Å². The minimum atomic E-state index is -0.943. The second kappa shape index (κ2) is 14.5.